The van der Waals surface area contributed by atoms with E-state index in [9.17, 15) is 0 Å². The molecule has 0 spiro atoms. The minimum Gasteiger partial charge on any atom is -0.497 e. The molecular weight excluding hydrogens is 357 g/mol. The van der Waals surface area contributed by atoms with Gasteiger partial charge >= 0.3 is 0 Å². The van der Waals surface area contributed by atoms with E-state index in [-0.39, 0.29) is 24.0 Å². The van der Waals surface area contributed by atoms with Crippen LogP contribution in [0.1, 0.15) is 5.56 Å². The summed E-state index contributed by atoms with van der Waals surface area (Å²) in [6.07, 6.45) is 0. The van der Waals surface area contributed by atoms with Gasteiger partial charge in [0.1, 0.15) is 5.75 Å². The number of aliphatic imine (C=N–C) groups is 1. The van der Waals surface area contributed by atoms with Crippen LogP contribution < -0.4 is 15.4 Å². The van der Waals surface area contributed by atoms with Crippen molar-refractivity contribution in [2.45, 2.75) is 6.54 Å². The van der Waals surface area contributed by atoms with Gasteiger partial charge < -0.3 is 20.1 Å². The number of halogens is 1. The first-order valence-corrected chi connectivity index (χ1v) is 5.86. The van der Waals surface area contributed by atoms with Crippen molar-refractivity contribution in [3.05, 3.63) is 29.8 Å². The first-order chi connectivity index (χ1) is 8.80. The summed E-state index contributed by atoms with van der Waals surface area (Å²) in [5.74, 6) is 1.62. The standard InChI is InChI=1S/C13H21N3O2.HI/c1-14-13(15-7-8-17-2)16-10-11-5-4-6-12(9-11)18-3;/h4-6,9H,7-8,10H2,1-3H3,(H2,14,15,16);1H. The Balaban J connectivity index is 0.00000324. The van der Waals surface area contributed by atoms with E-state index in [0.717, 1.165) is 23.8 Å². The van der Waals surface area contributed by atoms with Crippen LogP contribution in [-0.2, 0) is 11.3 Å². The largest absolute Gasteiger partial charge is 0.497 e. The number of guanidine groups is 1. The summed E-state index contributed by atoms with van der Waals surface area (Å²) in [5, 5.41) is 6.38. The third-order valence-corrected chi connectivity index (χ3v) is 2.42. The number of benzene rings is 1. The van der Waals surface area contributed by atoms with E-state index in [1.165, 1.54) is 0 Å². The van der Waals surface area contributed by atoms with Crippen LogP contribution in [0.4, 0.5) is 0 Å². The van der Waals surface area contributed by atoms with Gasteiger partial charge in [-0.2, -0.15) is 0 Å². The maximum Gasteiger partial charge on any atom is 0.191 e. The molecule has 1 aromatic rings. The van der Waals surface area contributed by atoms with Crippen molar-refractivity contribution in [1.29, 1.82) is 0 Å². The number of nitrogens with one attached hydrogen (secondary N) is 2. The topological polar surface area (TPSA) is 54.9 Å². The van der Waals surface area contributed by atoms with E-state index in [1.54, 1.807) is 21.3 Å². The van der Waals surface area contributed by atoms with Crippen LogP contribution in [0.3, 0.4) is 0 Å². The Morgan fingerprint density at radius 3 is 2.68 bits per heavy atom. The fraction of sp³-hybridized carbons (Fsp3) is 0.462. The lowest BCUT2D eigenvalue weighted by molar-refractivity contribution is 0.203. The van der Waals surface area contributed by atoms with Gasteiger partial charge in [-0.3, -0.25) is 4.99 Å². The molecule has 0 aromatic heterocycles. The molecule has 0 aliphatic rings. The highest BCUT2D eigenvalue weighted by Gasteiger charge is 1.99. The first-order valence-electron chi connectivity index (χ1n) is 5.86. The highest BCUT2D eigenvalue weighted by molar-refractivity contribution is 14.0. The Hall–Kier alpha value is -1.02. The van der Waals surface area contributed by atoms with Crippen LogP contribution in [0.15, 0.2) is 29.3 Å². The van der Waals surface area contributed by atoms with Crippen LogP contribution >= 0.6 is 24.0 Å². The second-order valence-electron chi connectivity index (χ2n) is 3.70. The maximum atomic E-state index is 5.18. The predicted octanol–water partition coefficient (Wildman–Crippen LogP) is 1.62. The molecule has 5 nitrogen and oxygen atoms in total. The minimum absolute atomic E-state index is 0. The molecule has 1 aromatic carbocycles. The van der Waals surface area contributed by atoms with Gasteiger partial charge in [-0.25, -0.2) is 0 Å². The number of hydrogen-bond acceptors (Lipinski definition) is 3. The molecule has 0 atom stereocenters. The van der Waals surface area contributed by atoms with Crippen LogP contribution in [-0.4, -0.2) is 40.4 Å². The zero-order valence-electron chi connectivity index (χ0n) is 11.6. The van der Waals surface area contributed by atoms with Crippen LogP contribution in [0, 0.1) is 0 Å². The van der Waals surface area contributed by atoms with Gasteiger partial charge in [-0.15, -0.1) is 24.0 Å². The van der Waals surface area contributed by atoms with Gasteiger partial charge in [-0.05, 0) is 17.7 Å². The Kier molecular flexibility index (Phi) is 10.3. The van der Waals surface area contributed by atoms with Crippen molar-refractivity contribution in [3.8, 4) is 5.75 Å². The monoisotopic (exact) mass is 379 g/mol. The van der Waals surface area contributed by atoms with Crippen molar-refractivity contribution >= 4 is 29.9 Å². The molecule has 0 unspecified atom stereocenters. The van der Waals surface area contributed by atoms with E-state index >= 15 is 0 Å². The Labute approximate surface area is 131 Å². The average Bonchev–Trinajstić information content (AvgIpc) is 2.43. The van der Waals surface area contributed by atoms with Crippen LogP contribution in [0.5, 0.6) is 5.75 Å². The van der Waals surface area contributed by atoms with Gasteiger partial charge in [0.15, 0.2) is 5.96 Å². The molecular formula is C13H22IN3O2. The minimum atomic E-state index is 0. The quantitative estimate of drug-likeness (QED) is 0.342. The van der Waals surface area contributed by atoms with E-state index in [0.29, 0.717) is 13.2 Å². The lowest BCUT2D eigenvalue weighted by Crippen LogP contribution is -2.38. The zero-order chi connectivity index (χ0) is 13.2. The van der Waals surface area contributed by atoms with E-state index in [2.05, 4.69) is 15.6 Å². The number of methoxy groups -OCH3 is 2. The Morgan fingerprint density at radius 1 is 1.26 bits per heavy atom. The molecule has 0 saturated carbocycles. The molecule has 2 N–H and O–H groups in total. The summed E-state index contributed by atoms with van der Waals surface area (Å²) < 4.78 is 10.1. The molecule has 0 bridgehead atoms. The average molecular weight is 379 g/mol. The molecule has 1 rings (SSSR count). The summed E-state index contributed by atoms with van der Waals surface area (Å²) in [5.41, 5.74) is 1.14. The van der Waals surface area contributed by atoms with Crippen molar-refractivity contribution in [3.63, 3.8) is 0 Å². The molecule has 108 valence electrons. The summed E-state index contributed by atoms with van der Waals surface area (Å²) >= 11 is 0. The van der Waals surface area contributed by atoms with E-state index < -0.39 is 0 Å². The number of hydrogen-bond donors (Lipinski definition) is 2. The van der Waals surface area contributed by atoms with Crippen molar-refractivity contribution < 1.29 is 9.47 Å². The maximum absolute atomic E-state index is 5.18. The lowest BCUT2D eigenvalue weighted by atomic mass is 10.2. The molecule has 0 saturated heterocycles. The van der Waals surface area contributed by atoms with Crippen molar-refractivity contribution in [2.75, 3.05) is 34.4 Å². The first kappa shape index (κ1) is 18.0. The summed E-state index contributed by atoms with van der Waals surface area (Å²) in [6, 6.07) is 7.93. The molecule has 0 radical (unpaired) electrons. The van der Waals surface area contributed by atoms with E-state index in [1.807, 2.05) is 24.3 Å². The van der Waals surface area contributed by atoms with Gasteiger partial charge in [0.05, 0.1) is 13.7 Å². The second kappa shape index (κ2) is 10.9. The highest BCUT2D eigenvalue weighted by atomic mass is 127. The molecule has 0 aliphatic carbocycles. The van der Waals surface area contributed by atoms with Crippen LogP contribution in [0.2, 0.25) is 0 Å². The SMILES string of the molecule is CN=C(NCCOC)NCc1cccc(OC)c1.I. The number of rotatable bonds is 6. The zero-order valence-corrected chi connectivity index (χ0v) is 13.9. The third kappa shape index (κ3) is 7.22. The summed E-state index contributed by atoms with van der Waals surface area (Å²) in [6.45, 7) is 2.08. The fourth-order valence-electron chi connectivity index (χ4n) is 1.46. The molecule has 19 heavy (non-hydrogen) atoms. The number of ether oxygens (including phenoxy) is 2. The van der Waals surface area contributed by atoms with Crippen LogP contribution in [0.25, 0.3) is 0 Å². The van der Waals surface area contributed by atoms with Gasteiger partial charge in [0.2, 0.25) is 0 Å². The third-order valence-electron chi connectivity index (χ3n) is 2.42. The normalized spacial score (nSPS) is 10.6. The Bertz CT molecular complexity index is 386. The van der Waals surface area contributed by atoms with Crippen molar-refractivity contribution in [1.82, 2.24) is 10.6 Å². The summed E-state index contributed by atoms with van der Waals surface area (Å²) in [7, 11) is 5.08. The molecule has 0 fully saturated rings. The number of nitrogens with zero attached hydrogens (tertiary/aromatic N) is 1. The summed E-state index contributed by atoms with van der Waals surface area (Å²) in [4.78, 5) is 4.13. The van der Waals surface area contributed by atoms with Gasteiger partial charge in [0, 0.05) is 27.2 Å². The lowest BCUT2D eigenvalue weighted by Gasteiger charge is -2.12. The fourth-order valence-corrected chi connectivity index (χ4v) is 1.46. The molecule has 6 heteroatoms. The second-order valence-corrected chi connectivity index (χ2v) is 3.70. The molecule has 0 amide bonds. The van der Waals surface area contributed by atoms with Gasteiger partial charge in [-0.1, -0.05) is 12.1 Å². The molecule has 0 heterocycles. The van der Waals surface area contributed by atoms with Gasteiger partial charge in [0.25, 0.3) is 0 Å². The highest BCUT2D eigenvalue weighted by Crippen LogP contribution is 2.11. The van der Waals surface area contributed by atoms with E-state index in [4.69, 9.17) is 9.47 Å². The smallest absolute Gasteiger partial charge is 0.191 e. The van der Waals surface area contributed by atoms with Crippen molar-refractivity contribution in [2.24, 2.45) is 4.99 Å². The Morgan fingerprint density at radius 2 is 2.05 bits per heavy atom. The predicted molar refractivity (Wildman–Crippen MR) is 88.5 cm³/mol. The molecule has 0 aliphatic heterocycles.